The largest absolute Gasteiger partial charge is 0.398 e. The molecule has 2 nitrogen and oxygen atoms in total. The van der Waals surface area contributed by atoms with Crippen LogP contribution in [-0.4, -0.2) is 6.29 Å². The van der Waals surface area contributed by atoms with Gasteiger partial charge in [-0.25, -0.2) is 0 Å². The van der Waals surface area contributed by atoms with Crippen LogP contribution in [0.1, 0.15) is 18.4 Å². The van der Waals surface area contributed by atoms with Gasteiger partial charge in [-0.2, -0.15) is 0 Å². The smallest absolute Gasteiger partial charge is 0.127 e. The molecule has 0 spiro atoms. The maximum absolute atomic E-state index is 10.5. The van der Waals surface area contributed by atoms with Gasteiger partial charge in [-0.05, 0) is 27.6 Å². The zero-order valence-electron chi connectivity index (χ0n) is 6.75. The number of anilines is 1. The van der Waals surface area contributed by atoms with Gasteiger partial charge in [0.25, 0.3) is 0 Å². The first-order valence-corrected chi connectivity index (χ1v) is 4.45. The molecule has 0 aliphatic rings. The number of carbonyl (C=O) groups excluding carboxylic acids is 1. The zero-order chi connectivity index (χ0) is 9.14. The molecule has 2 N–H and O–H groups in total. The van der Waals surface area contributed by atoms with Crippen molar-refractivity contribution < 1.29 is 4.79 Å². The maximum atomic E-state index is 10.5. The lowest BCUT2D eigenvalue weighted by molar-refractivity contribution is -0.108. The van der Waals surface area contributed by atoms with Crippen LogP contribution in [0.3, 0.4) is 0 Å². The van der Waals surface area contributed by atoms with E-state index in [4.69, 9.17) is 5.73 Å². The Labute approximate surface area is 79.9 Å². The molecule has 0 saturated heterocycles. The van der Waals surface area contributed by atoms with E-state index in [1.54, 1.807) is 6.07 Å². The number of halogens is 1. The Morgan fingerprint density at radius 1 is 1.58 bits per heavy atom. The third-order valence-electron chi connectivity index (χ3n) is 1.75. The number of carbonyl (C=O) groups is 1. The molecule has 0 fully saturated rings. The first kappa shape index (κ1) is 9.26. The topological polar surface area (TPSA) is 43.1 Å². The molecule has 0 aromatic heterocycles. The summed E-state index contributed by atoms with van der Waals surface area (Å²) in [6, 6.07) is 5.53. The van der Waals surface area contributed by atoms with E-state index in [9.17, 15) is 4.79 Å². The fourth-order valence-electron chi connectivity index (χ4n) is 0.993. The lowest BCUT2D eigenvalue weighted by atomic mass is 10.0. The fourth-order valence-corrected chi connectivity index (χ4v) is 1.62. The van der Waals surface area contributed by atoms with Crippen molar-refractivity contribution in [2.24, 2.45) is 0 Å². The van der Waals surface area contributed by atoms with Gasteiger partial charge in [0.15, 0.2) is 0 Å². The summed E-state index contributed by atoms with van der Waals surface area (Å²) in [7, 11) is 0. The van der Waals surface area contributed by atoms with Crippen molar-refractivity contribution in [3.8, 4) is 0 Å². The molecule has 1 atom stereocenters. The van der Waals surface area contributed by atoms with Gasteiger partial charge in [0, 0.05) is 16.1 Å². The van der Waals surface area contributed by atoms with Gasteiger partial charge in [0.2, 0.25) is 0 Å². The van der Waals surface area contributed by atoms with Gasteiger partial charge in [0.1, 0.15) is 6.29 Å². The summed E-state index contributed by atoms with van der Waals surface area (Å²) in [5.41, 5.74) is 7.25. The molecule has 0 saturated carbocycles. The molecule has 0 aliphatic carbocycles. The summed E-state index contributed by atoms with van der Waals surface area (Å²) in [4.78, 5) is 10.5. The molecule has 0 bridgehead atoms. The van der Waals surface area contributed by atoms with E-state index < -0.39 is 0 Å². The molecule has 0 aliphatic heterocycles. The normalized spacial score (nSPS) is 12.5. The first-order valence-electron chi connectivity index (χ1n) is 3.66. The highest BCUT2D eigenvalue weighted by molar-refractivity contribution is 9.10. The fraction of sp³-hybridized carbons (Fsp3) is 0.222. The number of nitrogen functional groups attached to an aromatic ring is 1. The van der Waals surface area contributed by atoms with Crippen LogP contribution in [0, 0.1) is 0 Å². The van der Waals surface area contributed by atoms with Crippen molar-refractivity contribution in [3.63, 3.8) is 0 Å². The highest BCUT2D eigenvalue weighted by Crippen LogP contribution is 2.28. The molecular formula is C9H10BrNO. The van der Waals surface area contributed by atoms with Gasteiger partial charge in [-0.15, -0.1) is 0 Å². The van der Waals surface area contributed by atoms with E-state index in [-0.39, 0.29) is 5.92 Å². The number of rotatable bonds is 2. The summed E-state index contributed by atoms with van der Waals surface area (Å²) in [6.45, 7) is 1.84. The average molecular weight is 228 g/mol. The number of hydrogen-bond acceptors (Lipinski definition) is 2. The second kappa shape index (κ2) is 3.72. The predicted molar refractivity (Wildman–Crippen MR) is 53.0 cm³/mol. The standard InChI is InChI=1S/C9H10BrNO/c1-6(5-12)7-3-2-4-8(11)9(7)10/h2-6H,11H2,1H3. The maximum Gasteiger partial charge on any atom is 0.127 e. The Balaban J connectivity index is 3.15. The molecule has 0 radical (unpaired) electrons. The molecule has 1 aromatic carbocycles. The highest BCUT2D eigenvalue weighted by atomic mass is 79.9. The third kappa shape index (κ3) is 1.67. The Morgan fingerprint density at radius 3 is 2.83 bits per heavy atom. The van der Waals surface area contributed by atoms with E-state index in [1.807, 2.05) is 19.1 Å². The van der Waals surface area contributed by atoms with Gasteiger partial charge in [-0.1, -0.05) is 19.1 Å². The molecule has 64 valence electrons. The van der Waals surface area contributed by atoms with Crippen LogP contribution in [0.25, 0.3) is 0 Å². The van der Waals surface area contributed by atoms with Crippen molar-refractivity contribution in [1.29, 1.82) is 0 Å². The summed E-state index contributed by atoms with van der Waals surface area (Å²) in [6.07, 6.45) is 0.902. The van der Waals surface area contributed by atoms with Crippen molar-refractivity contribution in [2.75, 3.05) is 5.73 Å². The molecule has 1 rings (SSSR count). The summed E-state index contributed by atoms with van der Waals surface area (Å²) < 4.78 is 0.824. The molecule has 0 heterocycles. The minimum atomic E-state index is -0.108. The van der Waals surface area contributed by atoms with Crippen LogP contribution in [0.2, 0.25) is 0 Å². The predicted octanol–water partition coefficient (Wildman–Crippen LogP) is 2.33. The van der Waals surface area contributed by atoms with Crippen LogP contribution >= 0.6 is 15.9 Å². The molecule has 0 amide bonds. The van der Waals surface area contributed by atoms with Crippen LogP contribution in [0.15, 0.2) is 22.7 Å². The number of nitrogens with two attached hydrogens (primary N) is 1. The van der Waals surface area contributed by atoms with E-state index in [0.717, 1.165) is 16.3 Å². The van der Waals surface area contributed by atoms with Gasteiger partial charge in [-0.3, -0.25) is 0 Å². The summed E-state index contributed by atoms with van der Waals surface area (Å²) in [5.74, 6) is -0.108. The average Bonchev–Trinajstić information content (AvgIpc) is 2.08. The van der Waals surface area contributed by atoms with E-state index in [0.29, 0.717) is 5.69 Å². The highest BCUT2D eigenvalue weighted by Gasteiger charge is 2.08. The van der Waals surface area contributed by atoms with Crippen LogP contribution < -0.4 is 5.73 Å². The van der Waals surface area contributed by atoms with Crippen molar-refractivity contribution >= 4 is 27.9 Å². The van der Waals surface area contributed by atoms with Crippen molar-refractivity contribution in [2.45, 2.75) is 12.8 Å². The zero-order valence-corrected chi connectivity index (χ0v) is 8.34. The summed E-state index contributed by atoms with van der Waals surface area (Å²) in [5, 5.41) is 0. The number of benzene rings is 1. The second-order valence-electron chi connectivity index (χ2n) is 2.68. The molecule has 1 unspecified atom stereocenters. The SMILES string of the molecule is CC(C=O)c1cccc(N)c1Br. The van der Waals surface area contributed by atoms with Crippen LogP contribution in [-0.2, 0) is 4.79 Å². The van der Waals surface area contributed by atoms with Gasteiger partial charge in [0.05, 0.1) is 0 Å². The monoisotopic (exact) mass is 227 g/mol. The van der Waals surface area contributed by atoms with Crippen LogP contribution in [0.5, 0.6) is 0 Å². The Morgan fingerprint density at radius 2 is 2.25 bits per heavy atom. The Kier molecular flexibility index (Phi) is 2.87. The van der Waals surface area contributed by atoms with Crippen molar-refractivity contribution in [1.82, 2.24) is 0 Å². The Bertz CT molecular complexity index is 299. The molecule has 3 heteroatoms. The minimum absolute atomic E-state index is 0.108. The number of aldehydes is 1. The Hall–Kier alpha value is -0.830. The first-order chi connectivity index (χ1) is 5.66. The second-order valence-corrected chi connectivity index (χ2v) is 3.47. The minimum Gasteiger partial charge on any atom is -0.398 e. The molecular weight excluding hydrogens is 218 g/mol. The summed E-state index contributed by atoms with van der Waals surface area (Å²) >= 11 is 3.34. The van der Waals surface area contributed by atoms with E-state index in [2.05, 4.69) is 15.9 Å². The lowest BCUT2D eigenvalue weighted by Gasteiger charge is -2.08. The van der Waals surface area contributed by atoms with E-state index >= 15 is 0 Å². The van der Waals surface area contributed by atoms with Crippen LogP contribution in [0.4, 0.5) is 5.69 Å². The molecule has 12 heavy (non-hydrogen) atoms. The number of hydrogen-bond donors (Lipinski definition) is 1. The van der Waals surface area contributed by atoms with Gasteiger partial charge >= 0.3 is 0 Å². The molecule has 1 aromatic rings. The quantitative estimate of drug-likeness (QED) is 0.623. The lowest BCUT2D eigenvalue weighted by Crippen LogP contribution is -1.98. The van der Waals surface area contributed by atoms with Crippen molar-refractivity contribution in [3.05, 3.63) is 28.2 Å². The van der Waals surface area contributed by atoms with Gasteiger partial charge < -0.3 is 10.5 Å². The third-order valence-corrected chi connectivity index (χ3v) is 2.67. The van der Waals surface area contributed by atoms with E-state index in [1.165, 1.54) is 0 Å².